The fourth-order valence-corrected chi connectivity index (χ4v) is 9.89. The zero-order valence-corrected chi connectivity index (χ0v) is 38.9. The van der Waals surface area contributed by atoms with Crippen LogP contribution in [0.5, 0.6) is 0 Å². The van der Waals surface area contributed by atoms with Gasteiger partial charge in [-0.15, -0.1) is 0 Å². The summed E-state index contributed by atoms with van der Waals surface area (Å²) in [4.78, 5) is 0. The molecule has 67 heavy (non-hydrogen) atoms. The number of hydrogen-bond donors (Lipinski definition) is 0. The van der Waals surface area contributed by atoms with Gasteiger partial charge in [0, 0.05) is 32.7 Å². The van der Waals surface area contributed by atoms with Crippen molar-refractivity contribution in [3.05, 3.63) is 242 Å². The summed E-state index contributed by atoms with van der Waals surface area (Å²) in [6.07, 6.45) is 6.20. The van der Waals surface area contributed by atoms with Crippen LogP contribution in [0.15, 0.2) is 242 Å². The van der Waals surface area contributed by atoms with Crippen LogP contribution in [0.3, 0.4) is 0 Å². The van der Waals surface area contributed by atoms with Crippen LogP contribution in [0.25, 0.3) is 110 Å². The molecule has 0 atom stereocenters. The number of fused-ring (bicyclic) bond motifs is 9. The molecule has 0 bridgehead atoms. The summed E-state index contributed by atoms with van der Waals surface area (Å²) < 4.78 is 4.90. The van der Waals surface area contributed by atoms with Gasteiger partial charge in [-0.25, -0.2) is 0 Å². The van der Waals surface area contributed by atoms with Gasteiger partial charge in [-0.05, 0) is 119 Å². The second-order valence-corrected chi connectivity index (χ2v) is 16.8. The standard InChI is InChI=1S/C56H36N2.C7H12.C2H6/c1-2-16-37(17-3-1)42-20-8-12-26-51(42)57-53-28-14-10-24-46(53)49-34-38(30-32-55(49)57)39-31-33-56-50(35-39)47-25-11-15-29-54(47)58(56)52-27-13-9-23-45(52)48-36-40-18-4-5-19-41(40)43-21-6-7-22-44(43)48;1-4-6-7(3)5-2;1-2/h1-36H;4-6H,1-3H3;1-2H3/b;6-4-,7-5+;. The van der Waals surface area contributed by atoms with Crippen molar-refractivity contribution in [3.63, 3.8) is 0 Å². The molecule has 0 unspecified atom stereocenters. The third kappa shape index (κ3) is 7.71. The lowest BCUT2D eigenvalue weighted by Crippen LogP contribution is -1.97. The molecule has 0 amide bonds. The third-order valence-corrected chi connectivity index (χ3v) is 13.0. The minimum Gasteiger partial charge on any atom is -0.309 e. The quantitative estimate of drug-likeness (QED) is 0.116. The molecule has 10 aromatic carbocycles. The summed E-state index contributed by atoms with van der Waals surface area (Å²) in [5, 5.41) is 10.0. The van der Waals surface area contributed by atoms with Crippen molar-refractivity contribution in [3.8, 4) is 44.8 Å². The van der Waals surface area contributed by atoms with E-state index in [1.165, 1.54) is 115 Å². The van der Waals surface area contributed by atoms with Crippen molar-refractivity contribution in [2.45, 2.75) is 34.6 Å². The van der Waals surface area contributed by atoms with Gasteiger partial charge >= 0.3 is 0 Å². The smallest absolute Gasteiger partial charge is 0.0541 e. The van der Waals surface area contributed by atoms with E-state index in [-0.39, 0.29) is 0 Å². The minimum absolute atomic E-state index is 1.17. The average molecular weight is 863 g/mol. The van der Waals surface area contributed by atoms with Crippen molar-refractivity contribution >= 4 is 65.2 Å². The van der Waals surface area contributed by atoms with Gasteiger partial charge in [-0.1, -0.05) is 201 Å². The first-order valence-electron chi connectivity index (χ1n) is 23.6. The summed E-state index contributed by atoms with van der Waals surface area (Å²) in [6, 6.07) is 80.0. The highest BCUT2D eigenvalue weighted by Gasteiger charge is 2.20. The van der Waals surface area contributed by atoms with Gasteiger partial charge in [0.05, 0.1) is 33.4 Å². The van der Waals surface area contributed by atoms with E-state index in [0.29, 0.717) is 0 Å². The van der Waals surface area contributed by atoms with Gasteiger partial charge in [-0.2, -0.15) is 0 Å². The van der Waals surface area contributed by atoms with Gasteiger partial charge < -0.3 is 9.13 Å². The Bertz CT molecular complexity index is 3800. The molecule has 0 spiro atoms. The van der Waals surface area contributed by atoms with Gasteiger partial charge in [0.2, 0.25) is 0 Å². The molecule has 2 nitrogen and oxygen atoms in total. The SMILES string of the molecule is C/C=C\C(C)=C\C.CC.c1ccc(-c2ccccc2-n2c3ccccc3c3cc(-c4ccc5c(c4)c4ccccc4n5-c4ccccc4-c4cc5ccccc5c5ccccc45)ccc32)cc1. The number of aromatic nitrogens is 2. The normalized spacial score (nSPS) is 11.7. The van der Waals surface area contributed by atoms with E-state index in [9.17, 15) is 0 Å². The molecule has 12 rings (SSSR count). The molecule has 0 radical (unpaired) electrons. The number of para-hydroxylation sites is 4. The number of allylic oxidation sites excluding steroid dienone is 4. The predicted octanol–water partition coefficient (Wildman–Crippen LogP) is 18.7. The summed E-state index contributed by atoms with van der Waals surface area (Å²) in [6.45, 7) is 10.1. The second-order valence-electron chi connectivity index (χ2n) is 16.8. The van der Waals surface area contributed by atoms with Gasteiger partial charge in [0.15, 0.2) is 0 Å². The monoisotopic (exact) mass is 862 g/mol. The van der Waals surface area contributed by atoms with Crippen molar-refractivity contribution in [2.24, 2.45) is 0 Å². The maximum absolute atomic E-state index is 2.47. The Morgan fingerprint density at radius 3 is 1.36 bits per heavy atom. The van der Waals surface area contributed by atoms with Gasteiger partial charge in [0.1, 0.15) is 0 Å². The largest absolute Gasteiger partial charge is 0.309 e. The maximum Gasteiger partial charge on any atom is 0.0541 e. The zero-order valence-electron chi connectivity index (χ0n) is 38.9. The lowest BCUT2D eigenvalue weighted by molar-refractivity contribution is 1.18. The van der Waals surface area contributed by atoms with Crippen molar-refractivity contribution in [1.82, 2.24) is 9.13 Å². The van der Waals surface area contributed by atoms with E-state index >= 15 is 0 Å². The highest BCUT2D eigenvalue weighted by molar-refractivity contribution is 6.16. The van der Waals surface area contributed by atoms with Crippen LogP contribution in [-0.4, -0.2) is 9.13 Å². The van der Waals surface area contributed by atoms with Crippen LogP contribution in [0.4, 0.5) is 0 Å². The van der Waals surface area contributed by atoms with Crippen LogP contribution in [0.2, 0.25) is 0 Å². The Balaban J connectivity index is 0.000000538. The number of rotatable bonds is 6. The van der Waals surface area contributed by atoms with E-state index in [1.807, 2.05) is 33.8 Å². The van der Waals surface area contributed by atoms with Crippen molar-refractivity contribution < 1.29 is 0 Å². The van der Waals surface area contributed by atoms with Crippen molar-refractivity contribution in [2.75, 3.05) is 0 Å². The molecule has 2 aromatic heterocycles. The van der Waals surface area contributed by atoms with Crippen LogP contribution in [-0.2, 0) is 0 Å². The lowest BCUT2D eigenvalue weighted by Gasteiger charge is -2.17. The summed E-state index contributed by atoms with van der Waals surface area (Å²) in [5.74, 6) is 0. The lowest BCUT2D eigenvalue weighted by atomic mass is 9.92. The van der Waals surface area contributed by atoms with Gasteiger partial charge in [-0.3, -0.25) is 0 Å². The topological polar surface area (TPSA) is 9.86 Å². The number of hydrogen-bond acceptors (Lipinski definition) is 0. The van der Waals surface area contributed by atoms with Crippen LogP contribution >= 0.6 is 0 Å². The van der Waals surface area contributed by atoms with E-state index < -0.39 is 0 Å². The highest BCUT2D eigenvalue weighted by atomic mass is 15.0. The molecule has 2 heteroatoms. The number of benzene rings is 10. The van der Waals surface area contributed by atoms with E-state index in [1.54, 1.807) is 0 Å². The molecule has 0 aliphatic heterocycles. The fraction of sp³-hybridized carbons (Fsp3) is 0.0769. The Hall–Kier alpha value is -8.20. The van der Waals surface area contributed by atoms with Crippen LogP contribution in [0.1, 0.15) is 34.6 Å². The van der Waals surface area contributed by atoms with E-state index in [2.05, 4.69) is 247 Å². The Morgan fingerprint density at radius 1 is 0.343 bits per heavy atom. The highest BCUT2D eigenvalue weighted by Crippen LogP contribution is 2.43. The molecule has 2 heterocycles. The van der Waals surface area contributed by atoms with Gasteiger partial charge in [0.25, 0.3) is 0 Å². The first-order valence-corrected chi connectivity index (χ1v) is 23.6. The Labute approximate surface area is 394 Å². The molecule has 12 aromatic rings. The summed E-state index contributed by atoms with van der Waals surface area (Å²) in [7, 11) is 0. The fourth-order valence-electron chi connectivity index (χ4n) is 9.89. The third-order valence-electron chi connectivity index (χ3n) is 13.0. The molecular formula is C65H54N2. The molecule has 0 fully saturated rings. The summed E-state index contributed by atoms with van der Waals surface area (Å²) in [5.41, 5.74) is 15.7. The molecule has 0 aliphatic carbocycles. The van der Waals surface area contributed by atoms with Crippen molar-refractivity contribution in [1.29, 1.82) is 0 Å². The first-order chi connectivity index (χ1) is 33.1. The molecule has 0 saturated heterocycles. The number of nitrogens with zero attached hydrogens (tertiary/aromatic N) is 2. The van der Waals surface area contributed by atoms with E-state index in [0.717, 1.165) is 0 Å². The van der Waals surface area contributed by atoms with Crippen LogP contribution in [0, 0.1) is 0 Å². The predicted molar refractivity (Wildman–Crippen MR) is 292 cm³/mol. The molecular weight excluding hydrogens is 809 g/mol. The second kappa shape index (κ2) is 18.7. The molecule has 0 aliphatic rings. The zero-order chi connectivity index (χ0) is 45.9. The molecule has 0 saturated carbocycles. The maximum atomic E-state index is 2.47. The summed E-state index contributed by atoms with van der Waals surface area (Å²) >= 11 is 0. The van der Waals surface area contributed by atoms with E-state index in [4.69, 9.17) is 0 Å². The first kappa shape index (κ1) is 42.7. The van der Waals surface area contributed by atoms with Crippen LogP contribution < -0.4 is 0 Å². The average Bonchev–Trinajstić information content (AvgIpc) is 3.91. The Morgan fingerprint density at radius 2 is 0.791 bits per heavy atom. The minimum atomic E-state index is 1.17. The molecule has 0 N–H and O–H groups in total. The Kier molecular flexibility index (Phi) is 11.9. The molecule has 324 valence electrons.